The molecular formula is C9H9ClF3NO. The minimum Gasteiger partial charge on any atom is -0.390 e. The van der Waals surface area contributed by atoms with E-state index in [1.165, 1.54) is 6.07 Å². The molecule has 0 aliphatic rings. The number of hydrogen-bond donors (Lipinski definition) is 2. The van der Waals surface area contributed by atoms with Gasteiger partial charge in [0.2, 0.25) is 0 Å². The maximum Gasteiger partial charge on any atom is 0.289 e. The second-order valence-corrected chi connectivity index (χ2v) is 3.48. The van der Waals surface area contributed by atoms with Crippen molar-refractivity contribution in [2.75, 3.05) is 6.61 Å². The first kappa shape index (κ1) is 12.3. The van der Waals surface area contributed by atoms with Crippen LogP contribution in [0.1, 0.15) is 11.6 Å². The molecule has 1 atom stereocenters. The Morgan fingerprint density at radius 1 is 1.47 bits per heavy atom. The maximum atomic E-state index is 12.9. The lowest BCUT2D eigenvalue weighted by Gasteiger charge is -2.21. The standard InChI is InChI=1S/C9H9ClF3NO/c10-6-2-1-5(3-7(6)11)8(14)9(12,13)4-15/h1-3,8,15H,4,14H2/t8-/m1/s1. The minimum atomic E-state index is -3.49. The summed E-state index contributed by atoms with van der Waals surface area (Å²) in [5, 5.41) is 8.23. The lowest BCUT2D eigenvalue weighted by atomic mass is 10.0. The van der Waals surface area contributed by atoms with Crippen LogP contribution >= 0.6 is 11.6 Å². The van der Waals surface area contributed by atoms with Gasteiger partial charge in [-0.3, -0.25) is 0 Å². The van der Waals surface area contributed by atoms with Gasteiger partial charge in [0, 0.05) is 0 Å². The van der Waals surface area contributed by atoms with E-state index in [-0.39, 0.29) is 10.6 Å². The molecule has 0 spiro atoms. The summed E-state index contributed by atoms with van der Waals surface area (Å²) >= 11 is 5.38. The van der Waals surface area contributed by atoms with Crippen LogP contribution in [0.2, 0.25) is 5.02 Å². The zero-order valence-corrected chi connectivity index (χ0v) is 8.31. The van der Waals surface area contributed by atoms with Crippen molar-refractivity contribution < 1.29 is 18.3 Å². The predicted molar refractivity (Wildman–Crippen MR) is 50.4 cm³/mol. The molecule has 1 aromatic rings. The monoisotopic (exact) mass is 239 g/mol. The Bertz CT molecular complexity index is 359. The van der Waals surface area contributed by atoms with Gasteiger partial charge < -0.3 is 10.8 Å². The Balaban J connectivity index is 3.02. The van der Waals surface area contributed by atoms with Crippen molar-refractivity contribution >= 4 is 11.6 Å². The van der Waals surface area contributed by atoms with Crippen molar-refractivity contribution in [2.45, 2.75) is 12.0 Å². The van der Waals surface area contributed by atoms with Crippen LogP contribution in [0.25, 0.3) is 0 Å². The van der Waals surface area contributed by atoms with Crippen LogP contribution in [0.4, 0.5) is 13.2 Å². The zero-order valence-electron chi connectivity index (χ0n) is 7.55. The van der Waals surface area contributed by atoms with Crippen LogP contribution in [-0.4, -0.2) is 17.6 Å². The minimum absolute atomic E-state index is 0.115. The van der Waals surface area contributed by atoms with Crippen molar-refractivity contribution in [2.24, 2.45) is 5.73 Å². The van der Waals surface area contributed by atoms with Gasteiger partial charge in [0.05, 0.1) is 11.1 Å². The fourth-order valence-electron chi connectivity index (χ4n) is 1.05. The van der Waals surface area contributed by atoms with E-state index in [2.05, 4.69) is 0 Å². The number of aliphatic hydroxyl groups is 1. The van der Waals surface area contributed by atoms with Gasteiger partial charge in [-0.15, -0.1) is 0 Å². The van der Waals surface area contributed by atoms with E-state index >= 15 is 0 Å². The molecule has 0 fully saturated rings. The van der Waals surface area contributed by atoms with Crippen LogP contribution in [0, 0.1) is 5.82 Å². The van der Waals surface area contributed by atoms with Gasteiger partial charge in [0.1, 0.15) is 12.4 Å². The zero-order chi connectivity index (χ0) is 11.6. The first-order valence-corrected chi connectivity index (χ1v) is 4.45. The van der Waals surface area contributed by atoms with Crippen LogP contribution in [0.5, 0.6) is 0 Å². The molecule has 0 bridgehead atoms. The lowest BCUT2D eigenvalue weighted by Crippen LogP contribution is -2.36. The predicted octanol–water partition coefficient (Wildman–Crippen LogP) is 2.11. The van der Waals surface area contributed by atoms with Crippen molar-refractivity contribution in [1.82, 2.24) is 0 Å². The number of halogens is 4. The third-order valence-electron chi connectivity index (χ3n) is 1.97. The summed E-state index contributed by atoms with van der Waals surface area (Å²) in [6.45, 7) is -1.39. The summed E-state index contributed by atoms with van der Waals surface area (Å²) in [4.78, 5) is 0. The highest BCUT2D eigenvalue weighted by Crippen LogP contribution is 2.30. The van der Waals surface area contributed by atoms with Crippen molar-refractivity contribution in [3.05, 3.63) is 34.6 Å². The molecule has 0 heterocycles. The van der Waals surface area contributed by atoms with Gasteiger partial charge in [-0.25, -0.2) is 13.2 Å². The van der Waals surface area contributed by atoms with E-state index in [0.717, 1.165) is 12.1 Å². The van der Waals surface area contributed by atoms with Gasteiger partial charge in [-0.2, -0.15) is 0 Å². The molecule has 0 aliphatic carbocycles. The highest BCUT2D eigenvalue weighted by Gasteiger charge is 2.37. The Labute approximate surface area is 89.5 Å². The first-order chi connectivity index (χ1) is 6.88. The van der Waals surface area contributed by atoms with Crippen LogP contribution in [0.3, 0.4) is 0 Å². The van der Waals surface area contributed by atoms with E-state index in [9.17, 15) is 13.2 Å². The van der Waals surface area contributed by atoms with E-state index in [0.29, 0.717) is 0 Å². The molecule has 84 valence electrons. The normalized spacial score (nSPS) is 14.0. The van der Waals surface area contributed by atoms with Gasteiger partial charge in [0.25, 0.3) is 5.92 Å². The molecular weight excluding hydrogens is 231 g/mol. The number of nitrogens with two attached hydrogens (primary N) is 1. The fraction of sp³-hybridized carbons (Fsp3) is 0.333. The van der Waals surface area contributed by atoms with Crippen LogP contribution in [0.15, 0.2) is 18.2 Å². The Hall–Kier alpha value is -0.780. The second kappa shape index (κ2) is 4.38. The summed E-state index contributed by atoms with van der Waals surface area (Å²) in [7, 11) is 0. The smallest absolute Gasteiger partial charge is 0.289 e. The average molecular weight is 240 g/mol. The topological polar surface area (TPSA) is 46.2 Å². The largest absolute Gasteiger partial charge is 0.390 e. The molecule has 0 aliphatic heterocycles. The molecule has 15 heavy (non-hydrogen) atoms. The molecule has 0 saturated carbocycles. The van der Waals surface area contributed by atoms with Gasteiger partial charge >= 0.3 is 0 Å². The van der Waals surface area contributed by atoms with Crippen molar-refractivity contribution in [3.63, 3.8) is 0 Å². The molecule has 2 nitrogen and oxygen atoms in total. The Morgan fingerprint density at radius 3 is 2.53 bits per heavy atom. The summed E-state index contributed by atoms with van der Waals surface area (Å²) in [5.41, 5.74) is 5.07. The summed E-state index contributed by atoms with van der Waals surface area (Å²) in [6.07, 6.45) is 0. The fourth-order valence-corrected chi connectivity index (χ4v) is 1.17. The Morgan fingerprint density at radius 2 is 2.07 bits per heavy atom. The van der Waals surface area contributed by atoms with E-state index in [1.54, 1.807) is 0 Å². The summed E-state index contributed by atoms with van der Waals surface area (Å²) in [6, 6.07) is 1.41. The highest BCUT2D eigenvalue weighted by atomic mass is 35.5. The summed E-state index contributed by atoms with van der Waals surface area (Å²) < 4.78 is 38.8. The number of rotatable bonds is 3. The molecule has 0 radical (unpaired) electrons. The molecule has 6 heteroatoms. The lowest BCUT2D eigenvalue weighted by molar-refractivity contribution is -0.0712. The molecule has 1 rings (SSSR count). The molecule has 0 saturated heterocycles. The average Bonchev–Trinajstić information content (AvgIpc) is 2.21. The van der Waals surface area contributed by atoms with Crippen molar-refractivity contribution in [1.29, 1.82) is 0 Å². The van der Waals surface area contributed by atoms with Gasteiger partial charge in [-0.05, 0) is 17.7 Å². The number of alkyl halides is 2. The summed E-state index contributed by atoms with van der Waals surface area (Å²) in [5.74, 6) is -4.31. The number of aliphatic hydroxyl groups excluding tert-OH is 1. The van der Waals surface area contributed by atoms with Gasteiger partial charge in [0.15, 0.2) is 0 Å². The second-order valence-electron chi connectivity index (χ2n) is 3.07. The van der Waals surface area contributed by atoms with Gasteiger partial charge in [-0.1, -0.05) is 17.7 Å². The third kappa shape index (κ3) is 2.62. The molecule has 0 amide bonds. The number of benzene rings is 1. The Kier molecular flexibility index (Phi) is 3.59. The van der Waals surface area contributed by atoms with Crippen LogP contribution in [-0.2, 0) is 0 Å². The number of hydrogen-bond acceptors (Lipinski definition) is 2. The van der Waals surface area contributed by atoms with Crippen LogP contribution < -0.4 is 5.73 Å². The molecule has 0 unspecified atom stereocenters. The quantitative estimate of drug-likeness (QED) is 0.849. The van der Waals surface area contributed by atoms with E-state index in [4.69, 9.17) is 22.4 Å². The molecule has 0 aromatic heterocycles. The third-order valence-corrected chi connectivity index (χ3v) is 2.28. The van der Waals surface area contributed by atoms with E-state index < -0.39 is 24.4 Å². The molecule has 1 aromatic carbocycles. The maximum absolute atomic E-state index is 12.9. The highest BCUT2D eigenvalue weighted by molar-refractivity contribution is 6.30. The molecule has 3 N–H and O–H groups in total. The van der Waals surface area contributed by atoms with E-state index in [1.807, 2.05) is 0 Å². The van der Waals surface area contributed by atoms with Crippen molar-refractivity contribution in [3.8, 4) is 0 Å². The first-order valence-electron chi connectivity index (χ1n) is 4.07. The SMILES string of the molecule is N[C@H](c1ccc(Cl)c(F)c1)C(F)(F)CO.